The van der Waals surface area contributed by atoms with Crippen LogP contribution in [0.4, 0.5) is 22.0 Å². The van der Waals surface area contributed by atoms with Crippen LogP contribution in [0.25, 0.3) is 0 Å². The van der Waals surface area contributed by atoms with Crippen molar-refractivity contribution in [2.24, 2.45) is 0 Å². The van der Waals surface area contributed by atoms with Gasteiger partial charge >= 0.3 is 11.8 Å². The topological polar surface area (TPSA) is 42.4 Å². The van der Waals surface area contributed by atoms with Crippen LogP contribution < -0.4 is 4.74 Å². The molecule has 3 rings (SSSR count). The van der Waals surface area contributed by atoms with E-state index in [1.165, 1.54) is 0 Å². The molecule has 1 aromatic heterocycles. The average Bonchev–Trinajstić information content (AvgIpc) is 2.57. The highest BCUT2D eigenvalue weighted by Crippen LogP contribution is 2.57. The van der Waals surface area contributed by atoms with Crippen molar-refractivity contribution in [3.63, 3.8) is 0 Å². The standard InChI is InChI=1S/C14H8F5NO2/c15-7-3-9(6-20-5-7)22-8-1-2-11-10(4-8)12(21)14(18,19)13(11,16)17/h1-6,12,21H. The van der Waals surface area contributed by atoms with Gasteiger partial charge in [0.2, 0.25) is 0 Å². The second kappa shape index (κ2) is 4.64. The van der Waals surface area contributed by atoms with E-state index in [9.17, 15) is 27.1 Å². The van der Waals surface area contributed by atoms with Crippen LogP contribution in [-0.2, 0) is 5.92 Å². The number of pyridine rings is 1. The van der Waals surface area contributed by atoms with E-state index in [-0.39, 0.29) is 11.5 Å². The normalized spacial score (nSPS) is 21.5. The van der Waals surface area contributed by atoms with Gasteiger partial charge in [-0.05, 0) is 23.8 Å². The molecule has 0 fully saturated rings. The van der Waals surface area contributed by atoms with Crippen LogP contribution in [0, 0.1) is 5.82 Å². The van der Waals surface area contributed by atoms with Gasteiger partial charge in [0, 0.05) is 11.6 Å². The number of hydrogen-bond acceptors (Lipinski definition) is 3. The molecule has 1 unspecified atom stereocenters. The summed E-state index contributed by atoms with van der Waals surface area (Å²) < 4.78 is 72.1. The summed E-state index contributed by atoms with van der Waals surface area (Å²) in [6.07, 6.45) is -0.553. The van der Waals surface area contributed by atoms with Gasteiger partial charge in [0.25, 0.3) is 0 Å². The first-order valence-corrected chi connectivity index (χ1v) is 6.10. The lowest BCUT2D eigenvalue weighted by Gasteiger charge is -2.20. The van der Waals surface area contributed by atoms with E-state index in [1.807, 2.05) is 0 Å². The molecule has 1 aliphatic carbocycles. The minimum Gasteiger partial charge on any atom is -0.456 e. The van der Waals surface area contributed by atoms with E-state index >= 15 is 0 Å². The molecule has 0 bridgehead atoms. The Morgan fingerprint density at radius 2 is 1.77 bits per heavy atom. The summed E-state index contributed by atoms with van der Waals surface area (Å²) in [4.78, 5) is 3.52. The Hall–Kier alpha value is -2.22. The molecular formula is C14H8F5NO2. The number of ether oxygens (including phenoxy) is 1. The van der Waals surface area contributed by atoms with E-state index in [2.05, 4.69) is 4.98 Å². The predicted molar refractivity (Wildman–Crippen MR) is 64.5 cm³/mol. The number of aliphatic hydroxyl groups is 1. The summed E-state index contributed by atoms with van der Waals surface area (Å²) in [5, 5.41) is 9.42. The van der Waals surface area contributed by atoms with Crippen molar-refractivity contribution in [2.45, 2.75) is 17.9 Å². The molecule has 0 amide bonds. The minimum atomic E-state index is -4.60. The first-order valence-electron chi connectivity index (χ1n) is 6.10. The van der Waals surface area contributed by atoms with E-state index in [0.29, 0.717) is 0 Å². The van der Waals surface area contributed by atoms with Gasteiger partial charge in [-0.2, -0.15) is 17.6 Å². The van der Waals surface area contributed by atoms with E-state index < -0.39 is 34.9 Å². The third-order valence-electron chi connectivity index (χ3n) is 3.33. The number of fused-ring (bicyclic) bond motifs is 1. The maximum atomic E-state index is 13.6. The van der Waals surface area contributed by atoms with Gasteiger partial charge in [0.1, 0.15) is 23.4 Å². The molecule has 2 aromatic rings. The fourth-order valence-corrected chi connectivity index (χ4v) is 2.25. The zero-order valence-electron chi connectivity index (χ0n) is 10.7. The number of benzene rings is 1. The van der Waals surface area contributed by atoms with Gasteiger partial charge in [0.05, 0.1) is 12.4 Å². The van der Waals surface area contributed by atoms with Gasteiger partial charge in [-0.15, -0.1) is 0 Å². The molecular weight excluding hydrogens is 309 g/mol. The molecule has 1 aromatic carbocycles. The zero-order chi connectivity index (χ0) is 16.1. The Labute approximate surface area is 121 Å². The lowest BCUT2D eigenvalue weighted by molar-refractivity contribution is -0.246. The molecule has 1 aliphatic rings. The predicted octanol–water partition coefficient (Wildman–Crippen LogP) is 3.79. The lowest BCUT2D eigenvalue weighted by atomic mass is 10.1. The molecule has 0 saturated heterocycles. The van der Waals surface area contributed by atoms with Gasteiger partial charge < -0.3 is 9.84 Å². The lowest BCUT2D eigenvalue weighted by Crippen LogP contribution is -2.36. The Morgan fingerprint density at radius 1 is 1.05 bits per heavy atom. The van der Waals surface area contributed by atoms with Gasteiger partial charge in [0.15, 0.2) is 0 Å². The van der Waals surface area contributed by atoms with E-state index in [1.54, 1.807) is 0 Å². The first kappa shape index (κ1) is 14.7. The van der Waals surface area contributed by atoms with E-state index in [4.69, 9.17) is 4.74 Å². The first-order chi connectivity index (χ1) is 10.2. The molecule has 1 atom stereocenters. The SMILES string of the molecule is OC1c2cc(Oc3cncc(F)c3)ccc2C(F)(F)C1(F)F. The maximum Gasteiger partial charge on any atom is 0.343 e. The van der Waals surface area contributed by atoms with Crippen LogP contribution in [0.5, 0.6) is 11.5 Å². The molecule has 1 N–H and O–H groups in total. The second-order valence-electron chi connectivity index (χ2n) is 4.79. The van der Waals surface area contributed by atoms with Gasteiger partial charge in [-0.25, -0.2) is 4.39 Å². The fraction of sp³-hybridized carbons (Fsp3) is 0.214. The van der Waals surface area contributed by atoms with Crippen LogP contribution in [0.2, 0.25) is 0 Å². The molecule has 0 radical (unpaired) electrons. The Kier molecular flexibility index (Phi) is 3.10. The molecule has 8 heteroatoms. The number of alkyl halides is 4. The number of aliphatic hydroxyl groups excluding tert-OH is 1. The number of halogens is 5. The van der Waals surface area contributed by atoms with Crippen molar-refractivity contribution in [1.82, 2.24) is 4.98 Å². The highest BCUT2D eigenvalue weighted by atomic mass is 19.3. The fourth-order valence-electron chi connectivity index (χ4n) is 2.25. The van der Waals surface area contributed by atoms with Crippen molar-refractivity contribution < 1.29 is 31.8 Å². The van der Waals surface area contributed by atoms with Crippen LogP contribution >= 0.6 is 0 Å². The van der Waals surface area contributed by atoms with E-state index in [0.717, 1.165) is 36.7 Å². The highest BCUT2D eigenvalue weighted by molar-refractivity contribution is 5.47. The van der Waals surface area contributed by atoms with Crippen molar-refractivity contribution >= 4 is 0 Å². The van der Waals surface area contributed by atoms with Gasteiger partial charge in [-0.3, -0.25) is 4.98 Å². The molecule has 1 heterocycles. The van der Waals surface area contributed by atoms with Crippen LogP contribution in [0.1, 0.15) is 17.2 Å². The summed E-state index contributed by atoms with van der Waals surface area (Å²) in [5.74, 6) is -9.89. The Balaban J connectivity index is 1.98. The van der Waals surface area contributed by atoms with Crippen molar-refractivity contribution in [3.05, 3.63) is 53.6 Å². The third-order valence-corrected chi connectivity index (χ3v) is 3.33. The highest BCUT2D eigenvalue weighted by Gasteiger charge is 2.68. The quantitative estimate of drug-likeness (QED) is 0.857. The van der Waals surface area contributed by atoms with Crippen LogP contribution in [0.3, 0.4) is 0 Å². The largest absolute Gasteiger partial charge is 0.456 e. The molecule has 0 spiro atoms. The van der Waals surface area contributed by atoms with Crippen molar-refractivity contribution in [3.8, 4) is 11.5 Å². The second-order valence-corrected chi connectivity index (χ2v) is 4.79. The number of rotatable bonds is 2. The van der Waals surface area contributed by atoms with Gasteiger partial charge in [-0.1, -0.05) is 0 Å². The molecule has 3 nitrogen and oxygen atoms in total. The summed E-state index contributed by atoms with van der Waals surface area (Å²) in [7, 11) is 0. The van der Waals surface area contributed by atoms with Crippen LogP contribution in [0.15, 0.2) is 36.7 Å². The van der Waals surface area contributed by atoms with Crippen molar-refractivity contribution in [2.75, 3.05) is 0 Å². The average molecular weight is 317 g/mol. The Bertz CT molecular complexity index is 735. The molecule has 0 saturated carbocycles. The minimum absolute atomic E-state index is 0.0362. The summed E-state index contributed by atoms with van der Waals surface area (Å²) in [6.45, 7) is 0. The molecule has 22 heavy (non-hydrogen) atoms. The summed E-state index contributed by atoms with van der Waals surface area (Å²) >= 11 is 0. The van der Waals surface area contributed by atoms with Crippen LogP contribution in [-0.4, -0.2) is 16.0 Å². The van der Waals surface area contributed by atoms with Crippen molar-refractivity contribution in [1.29, 1.82) is 0 Å². The summed E-state index contributed by atoms with van der Waals surface area (Å²) in [6, 6.07) is 3.65. The zero-order valence-corrected chi connectivity index (χ0v) is 10.7. The molecule has 116 valence electrons. The molecule has 0 aliphatic heterocycles. The Morgan fingerprint density at radius 3 is 2.45 bits per heavy atom. The number of nitrogens with zero attached hydrogens (tertiary/aromatic N) is 1. The monoisotopic (exact) mass is 317 g/mol. The third kappa shape index (κ3) is 2.02. The maximum absolute atomic E-state index is 13.6. The summed E-state index contributed by atoms with van der Waals surface area (Å²) in [5.41, 5.74) is -1.59. The smallest absolute Gasteiger partial charge is 0.343 e. The number of hydrogen-bond donors (Lipinski definition) is 1. The number of aromatic nitrogens is 1.